The Balaban J connectivity index is 2.05. The molecule has 0 spiro atoms. The van der Waals surface area contributed by atoms with Gasteiger partial charge in [0.2, 0.25) is 5.91 Å². The predicted molar refractivity (Wildman–Crippen MR) is 74.1 cm³/mol. The van der Waals surface area contributed by atoms with Crippen LogP contribution in [0.5, 0.6) is 0 Å². The fourth-order valence-electron chi connectivity index (χ4n) is 1.56. The number of carbonyl (C=O) groups is 1. The summed E-state index contributed by atoms with van der Waals surface area (Å²) in [5, 5.41) is 3.84. The van der Waals surface area contributed by atoms with E-state index in [-0.39, 0.29) is 18.6 Å². The number of benzene rings is 1. The molecule has 0 atom stereocenters. The van der Waals surface area contributed by atoms with Crippen LogP contribution in [-0.2, 0) is 9.53 Å². The first-order valence-corrected chi connectivity index (χ1v) is 6.65. The molecule has 0 unspecified atom stereocenters. The first-order valence-electron chi connectivity index (χ1n) is 5.83. The number of rotatable bonds is 4. The first kappa shape index (κ1) is 13.0. The van der Waals surface area contributed by atoms with Crippen LogP contribution in [0.4, 0.5) is 5.69 Å². The molecule has 1 aromatic carbocycles. The molecule has 0 fully saturated rings. The van der Waals surface area contributed by atoms with Crippen molar-refractivity contribution >= 4 is 33.1 Å². The molecule has 1 amide bonds. The van der Waals surface area contributed by atoms with E-state index in [4.69, 9.17) is 4.74 Å². The molecule has 1 aromatic heterocycles. The molecule has 0 bridgehead atoms. The van der Waals surface area contributed by atoms with Crippen molar-refractivity contribution in [3.05, 3.63) is 23.2 Å². The largest absolute Gasteiger partial charge is 0.369 e. The molecular weight excluding hydrogens is 248 g/mol. The van der Waals surface area contributed by atoms with E-state index in [1.807, 2.05) is 39.0 Å². The number of aryl methyl sites for hydroxylation is 1. The Kier molecular flexibility index (Phi) is 3.93. The van der Waals surface area contributed by atoms with Crippen molar-refractivity contribution in [2.75, 3.05) is 11.9 Å². The van der Waals surface area contributed by atoms with Crippen LogP contribution in [-0.4, -0.2) is 23.6 Å². The predicted octanol–water partition coefficient (Wildman–Crippen LogP) is 2.97. The van der Waals surface area contributed by atoms with E-state index in [0.29, 0.717) is 0 Å². The number of carbonyl (C=O) groups excluding carboxylic acids is 1. The van der Waals surface area contributed by atoms with Crippen LogP contribution in [0.2, 0.25) is 0 Å². The Morgan fingerprint density at radius 3 is 3.00 bits per heavy atom. The SMILES string of the molecule is Cc1nc2ccc(NC(=O)COC(C)C)cc2s1. The van der Waals surface area contributed by atoms with Crippen LogP contribution in [0, 0.1) is 6.92 Å². The highest BCUT2D eigenvalue weighted by Crippen LogP contribution is 2.24. The van der Waals surface area contributed by atoms with Crippen LogP contribution >= 0.6 is 11.3 Å². The van der Waals surface area contributed by atoms with Gasteiger partial charge in [0.1, 0.15) is 6.61 Å². The maximum atomic E-state index is 11.6. The lowest BCUT2D eigenvalue weighted by molar-refractivity contribution is -0.121. The molecule has 5 heteroatoms. The summed E-state index contributed by atoms with van der Waals surface area (Å²) in [6, 6.07) is 5.71. The highest BCUT2D eigenvalue weighted by Gasteiger charge is 2.06. The van der Waals surface area contributed by atoms with Gasteiger partial charge in [-0.05, 0) is 39.0 Å². The van der Waals surface area contributed by atoms with Crippen molar-refractivity contribution in [1.82, 2.24) is 4.98 Å². The smallest absolute Gasteiger partial charge is 0.250 e. The van der Waals surface area contributed by atoms with Crippen LogP contribution in [0.3, 0.4) is 0 Å². The van der Waals surface area contributed by atoms with E-state index < -0.39 is 0 Å². The number of hydrogen-bond acceptors (Lipinski definition) is 4. The normalized spacial score (nSPS) is 11.1. The van der Waals surface area contributed by atoms with E-state index in [9.17, 15) is 4.79 Å². The van der Waals surface area contributed by atoms with Crippen molar-refractivity contribution in [1.29, 1.82) is 0 Å². The fourth-order valence-corrected chi connectivity index (χ4v) is 2.42. The molecule has 2 rings (SSSR count). The molecule has 0 aliphatic carbocycles. The molecule has 4 nitrogen and oxygen atoms in total. The first-order chi connectivity index (χ1) is 8.54. The third-order valence-corrected chi connectivity index (χ3v) is 3.26. The third kappa shape index (κ3) is 3.27. The molecule has 0 saturated heterocycles. The van der Waals surface area contributed by atoms with Gasteiger partial charge in [0, 0.05) is 5.69 Å². The van der Waals surface area contributed by atoms with Gasteiger partial charge in [0.05, 0.1) is 21.3 Å². The number of nitrogens with one attached hydrogen (secondary N) is 1. The zero-order valence-corrected chi connectivity index (χ0v) is 11.5. The number of thiazole rings is 1. The maximum Gasteiger partial charge on any atom is 0.250 e. The Morgan fingerprint density at radius 1 is 1.50 bits per heavy atom. The Hall–Kier alpha value is -1.46. The summed E-state index contributed by atoms with van der Waals surface area (Å²) >= 11 is 1.62. The van der Waals surface area contributed by atoms with Gasteiger partial charge in [0.15, 0.2) is 0 Å². The lowest BCUT2D eigenvalue weighted by atomic mass is 10.3. The quantitative estimate of drug-likeness (QED) is 0.923. The molecule has 0 radical (unpaired) electrons. The number of fused-ring (bicyclic) bond motifs is 1. The van der Waals surface area contributed by atoms with Gasteiger partial charge in [-0.15, -0.1) is 11.3 Å². The lowest BCUT2D eigenvalue weighted by Crippen LogP contribution is -2.20. The number of nitrogens with zero attached hydrogens (tertiary/aromatic N) is 1. The molecule has 2 aromatic rings. The van der Waals surface area contributed by atoms with Crippen molar-refractivity contribution in [3.8, 4) is 0 Å². The Bertz CT molecular complexity index is 563. The second-order valence-corrected chi connectivity index (χ2v) is 5.56. The number of ether oxygens (including phenoxy) is 1. The minimum atomic E-state index is -0.135. The van der Waals surface area contributed by atoms with Gasteiger partial charge < -0.3 is 10.1 Å². The van der Waals surface area contributed by atoms with Gasteiger partial charge >= 0.3 is 0 Å². The maximum absolute atomic E-state index is 11.6. The van der Waals surface area contributed by atoms with Crippen LogP contribution in [0.25, 0.3) is 10.2 Å². The molecule has 18 heavy (non-hydrogen) atoms. The minimum absolute atomic E-state index is 0.0578. The van der Waals surface area contributed by atoms with Crippen LogP contribution in [0.1, 0.15) is 18.9 Å². The zero-order chi connectivity index (χ0) is 13.1. The third-order valence-electron chi connectivity index (χ3n) is 2.33. The van der Waals surface area contributed by atoms with Gasteiger partial charge in [-0.2, -0.15) is 0 Å². The lowest BCUT2D eigenvalue weighted by Gasteiger charge is -2.08. The molecule has 0 saturated carbocycles. The summed E-state index contributed by atoms with van der Waals surface area (Å²) in [5.41, 5.74) is 1.75. The van der Waals surface area contributed by atoms with Crippen molar-refractivity contribution < 1.29 is 9.53 Å². The van der Waals surface area contributed by atoms with Crippen molar-refractivity contribution in [3.63, 3.8) is 0 Å². The van der Waals surface area contributed by atoms with Crippen molar-refractivity contribution in [2.45, 2.75) is 26.9 Å². The van der Waals surface area contributed by atoms with E-state index in [2.05, 4.69) is 10.3 Å². The standard InChI is InChI=1S/C13H16N2O2S/c1-8(2)17-7-13(16)15-10-4-5-11-12(6-10)18-9(3)14-11/h4-6,8H,7H2,1-3H3,(H,15,16). The van der Waals surface area contributed by atoms with Gasteiger partial charge in [-0.1, -0.05) is 0 Å². The fraction of sp³-hybridized carbons (Fsp3) is 0.385. The summed E-state index contributed by atoms with van der Waals surface area (Å²) in [6.45, 7) is 5.86. The number of anilines is 1. The van der Waals surface area contributed by atoms with Gasteiger partial charge in [-0.3, -0.25) is 4.79 Å². The van der Waals surface area contributed by atoms with Gasteiger partial charge in [-0.25, -0.2) is 4.98 Å². The second kappa shape index (κ2) is 5.46. The topological polar surface area (TPSA) is 51.2 Å². The minimum Gasteiger partial charge on any atom is -0.369 e. The van der Waals surface area contributed by atoms with Crippen molar-refractivity contribution in [2.24, 2.45) is 0 Å². The monoisotopic (exact) mass is 264 g/mol. The number of aromatic nitrogens is 1. The second-order valence-electron chi connectivity index (χ2n) is 4.32. The molecule has 0 aliphatic rings. The summed E-state index contributed by atoms with van der Waals surface area (Å²) in [7, 11) is 0. The molecule has 1 N–H and O–H groups in total. The summed E-state index contributed by atoms with van der Waals surface area (Å²) in [6.07, 6.45) is 0.0578. The molecular formula is C13H16N2O2S. The molecule has 0 aliphatic heterocycles. The summed E-state index contributed by atoms with van der Waals surface area (Å²) in [4.78, 5) is 16.0. The van der Waals surface area contributed by atoms with Crippen LogP contribution < -0.4 is 5.32 Å². The number of hydrogen-bond donors (Lipinski definition) is 1. The van der Waals surface area contributed by atoms with E-state index in [1.165, 1.54) is 0 Å². The Morgan fingerprint density at radius 2 is 2.28 bits per heavy atom. The highest BCUT2D eigenvalue weighted by atomic mass is 32.1. The van der Waals surface area contributed by atoms with E-state index in [0.717, 1.165) is 20.9 Å². The van der Waals surface area contributed by atoms with E-state index >= 15 is 0 Å². The highest BCUT2D eigenvalue weighted by molar-refractivity contribution is 7.18. The van der Waals surface area contributed by atoms with Crippen LogP contribution in [0.15, 0.2) is 18.2 Å². The average molecular weight is 264 g/mol. The molecule has 1 heterocycles. The summed E-state index contributed by atoms with van der Waals surface area (Å²) in [5.74, 6) is -0.135. The Labute approximate surface area is 110 Å². The van der Waals surface area contributed by atoms with E-state index in [1.54, 1.807) is 11.3 Å². The zero-order valence-electron chi connectivity index (χ0n) is 10.7. The summed E-state index contributed by atoms with van der Waals surface area (Å²) < 4.78 is 6.32. The molecule has 96 valence electrons. The number of amides is 1. The average Bonchev–Trinajstić information content (AvgIpc) is 2.66. The van der Waals surface area contributed by atoms with Gasteiger partial charge in [0.25, 0.3) is 0 Å².